The number of hydrogen-bond donors (Lipinski definition) is 1. The molecular formula is C13H17NO4. The van der Waals surface area contributed by atoms with Crippen molar-refractivity contribution in [2.75, 3.05) is 12.3 Å². The van der Waals surface area contributed by atoms with Crippen molar-refractivity contribution in [2.45, 2.75) is 26.9 Å². The summed E-state index contributed by atoms with van der Waals surface area (Å²) < 4.78 is 9.77. The second kappa shape index (κ2) is 6.05. The summed E-state index contributed by atoms with van der Waals surface area (Å²) in [7, 11) is 0. The van der Waals surface area contributed by atoms with Gasteiger partial charge in [0.05, 0.1) is 12.2 Å². The number of ether oxygens (including phenoxy) is 2. The Morgan fingerprint density at radius 1 is 1.39 bits per heavy atom. The van der Waals surface area contributed by atoms with E-state index in [0.717, 1.165) is 0 Å². The Morgan fingerprint density at radius 2 is 2.06 bits per heavy atom. The van der Waals surface area contributed by atoms with E-state index in [2.05, 4.69) is 0 Å². The molecule has 18 heavy (non-hydrogen) atoms. The van der Waals surface area contributed by atoms with Gasteiger partial charge in [0, 0.05) is 5.69 Å². The van der Waals surface area contributed by atoms with Crippen LogP contribution in [0.3, 0.4) is 0 Å². The number of anilines is 1. The summed E-state index contributed by atoms with van der Waals surface area (Å²) in [5.74, 6) is -1.15. The molecule has 1 aromatic carbocycles. The summed E-state index contributed by atoms with van der Waals surface area (Å²) in [6, 6.07) is 4.96. The maximum absolute atomic E-state index is 11.9. The Bertz CT molecular complexity index is 456. The highest BCUT2D eigenvalue weighted by molar-refractivity contribution is 5.94. The number of hydrogen-bond acceptors (Lipinski definition) is 5. The first-order chi connectivity index (χ1) is 8.47. The van der Waals surface area contributed by atoms with Gasteiger partial charge in [-0.15, -0.1) is 0 Å². The van der Waals surface area contributed by atoms with Gasteiger partial charge in [-0.3, -0.25) is 0 Å². The number of carbonyl (C=O) groups excluding carboxylic acids is 2. The summed E-state index contributed by atoms with van der Waals surface area (Å²) in [4.78, 5) is 23.2. The first-order valence-electron chi connectivity index (χ1n) is 5.70. The van der Waals surface area contributed by atoms with E-state index in [9.17, 15) is 9.59 Å². The fourth-order valence-electron chi connectivity index (χ4n) is 1.41. The maximum Gasteiger partial charge on any atom is 0.347 e. The Hall–Kier alpha value is -2.04. The zero-order valence-corrected chi connectivity index (χ0v) is 10.7. The monoisotopic (exact) mass is 251 g/mol. The molecule has 0 aromatic heterocycles. The summed E-state index contributed by atoms with van der Waals surface area (Å²) in [5, 5.41) is 0. The topological polar surface area (TPSA) is 78.6 Å². The lowest BCUT2D eigenvalue weighted by Crippen LogP contribution is -2.26. The molecule has 1 aromatic rings. The van der Waals surface area contributed by atoms with Gasteiger partial charge in [0.2, 0.25) is 0 Å². The van der Waals surface area contributed by atoms with Crippen molar-refractivity contribution in [1.29, 1.82) is 0 Å². The number of esters is 2. The van der Waals surface area contributed by atoms with Crippen LogP contribution in [0.15, 0.2) is 18.2 Å². The van der Waals surface area contributed by atoms with Crippen LogP contribution in [0.5, 0.6) is 0 Å². The van der Waals surface area contributed by atoms with Gasteiger partial charge >= 0.3 is 11.9 Å². The predicted molar refractivity (Wildman–Crippen MR) is 67.1 cm³/mol. The summed E-state index contributed by atoms with van der Waals surface area (Å²) >= 11 is 0. The van der Waals surface area contributed by atoms with E-state index in [-0.39, 0.29) is 6.61 Å². The largest absolute Gasteiger partial charge is 0.463 e. The summed E-state index contributed by atoms with van der Waals surface area (Å²) in [6.07, 6.45) is -0.932. The van der Waals surface area contributed by atoms with Crippen molar-refractivity contribution in [3.05, 3.63) is 29.3 Å². The number of nitrogen functional groups attached to an aromatic ring is 1. The van der Waals surface area contributed by atoms with Gasteiger partial charge in [-0.05, 0) is 38.5 Å². The second-order valence-electron chi connectivity index (χ2n) is 3.82. The average molecular weight is 251 g/mol. The highest BCUT2D eigenvalue weighted by atomic mass is 16.6. The van der Waals surface area contributed by atoms with E-state index in [1.54, 1.807) is 32.0 Å². The van der Waals surface area contributed by atoms with Crippen molar-refractivity contribution in [3.8, 4) is 0 Å². The van der Waals surface area contributed by atoms with Crippen LogP contribution in [0.4, 0.5) is 5.69 Å². The lowest BCUT2D eigenvalue weighted by atomic mass is 10.1. The lowest BCUT2D eigenvalue weighted by molar-refractivity contribution is -0.152. The number of nitrogens with two attached hydrogens (primary N) is 1. The molecule has 0 aliphatic rings. The molecule has 2 N–H and O–H groups in total. The van der Waals surface area contributed by atoms with Crippen LogP contribution in [-0.2, 0) is 14.3 Å². The zero-order chi connectivity index (χ0) is 13.7. The smallest absolute Gasteiger partial charge is 0.347 e. The van der Waals surface area contributed by atoms with Gasteiger partial charge < -0.3 is 15.2 Å². The van der Waals surface area contributed by atoms with Crippen LogP contribution < -0.4 is 5.73 Å². The lowest BCUT2D eigenvalue weighted by Gasteiger charge is -2.13. The fourth-order valence-corrected chi connectivity index (χ4v) is 1.41. The van der Waals surface area contributed by atoms with Crippen LogP contribution in [0.1, 0.15) is 29.8 Å². The molecule has 0 saturated heterocycles. The van der Waals surface area contributed by atoms with Gasteiger partial charge in [-0.2, -0.15) is 0 Å². The predicted octanol–water partition coefficient (Wildman–Crippen LogP) is 1.69. The average Bonchev–Trinajstić information content (AvgIpc) is 2.32. The van der Waals surface area contributed by atoms with Gasteiger partial charge in [0.25, 0.3) is 0 Å². The Labute approximate surface area is 106 Å². The van der Waals surface area contributed by atoms with Gasteiger partial charge in [0.1, 0.15) is 0 Å². The molecule has 98 valence electrons. The number of benzene rings is 1. The molecule has 1 unspecified atom stereocenters. The van der Waals surface area contributed by atoms with E-state index in [4.69, 9.17) is 15.2 Å². The minimum atomic E-state index is -0.932. The standard InChI is InChI=1S/C13H17NO4/c1-4-17-12(15)9(3)18-13(16)10-6-5-7-11(14)8(10)2/h5-7,9H,4,14H2,1-3H3. The highest BCUT2D eigenvalue weighted by Crippen LogP contribution is 2.17. The third-order valence-corrected chi connectivity index (χ3v) is 2.50. The van der Waals surface area contributed by atoms with E-state index < -0.39 is 18.0 Å². The third-order valence-electron chi connectivity index (χ3n) is 2.50. The molecule has 0 aliphatic carbocycles. The van der Waals surface area contributed by atoms with E-state index in [1.165, 1.54) is 6.92 Å². The quantitative estimate of drug-likeness (QED) is 0.650. The molecule has 0 amide bonds. The summed E-state index contributed by atoms with van der Waals surface area (Å²) in [6.45, 7) is 5.13. The second-order valence-corrected chi connectivity index (χ2v) is 3.82. The Morgan fingerprint density at radius 3 is 2.67 bits per heavy atom. The summed E-state index contributed by atoms with van der Waals surface area (Å²) in [5.41, 5.74) is 7.20. The Balaban J connectivity index is 2.77. The molecule has 1 atom stereocenters. The minimum absolute atomic E-state index is 0.248. The molecule has 0 saturated carbocycles. The minimum Gasteiger partial charge on any atom is -0.463 e. The molecular weight excluding hydrogens is 234 g/mol. The van der Waals surface area contributed by atoms with Crippen LogP contribution >= 0.6 is 0 Å². The maximum atomic E-state index is 11.9. The molecule has 5 heteroatoms. The molecule has 0 fully saturated rings. The SMILES string of the molecule is CCOC(=O)C(C)OC(=O)c1cccc(N)c1C. The molecule has 5 nitrogen and oxygen atoms in total. The molecule has 0 radical (unpaired) electrons. The van der Waals surface area contributed by atoms with Crippen LogP contribution in [0.25, 0.3) is 0 Å². The third kappa shape index (κ3) is 3.23. The van der Waals surface area contributed by atoms with Crippen molar-refractivity contribution in [2.24, 2.45) is 0 Å². The number of carbonyl (C=O) groups is 2. The van der Waals surface area contributed by atoms with Crippen LogP contribution in [0, 0.1) is 6.92 Å². The van der Waals surface area contributed by atoms with E-state index >= 15 is 0 Å². The first-order valence-corrected chi connectivity index (χ1v) is 5.70. The van der Waals surface area contributed by atoms with Crippen molar-refractivity contribution >= 4 is 17.6 Å². The molecule has 0 bridgehead atoms. The zero-order valence-electron chi connectivity index (χ0n) is 10.7. The van der Waals surface area contributed by atoms with E-state index in [1.807, 2.05) is 0 Å². The van der Waals surface area contributed by atoms with Crippen molar-refractivity contribution in [1.82, 2.24) is 0 Å². The van der Waals surface area contributed by atoms with Crippen LogP contribution in [-0.4, -0.2) is 24.6 Å². The fraction of sp³-hybridized carbons (Fsp3) is 0.385. The van der Waals surface area contributed by atoms with E-state index in [0.29, 0.717) is 16.8 Å². The van der Waals surface area contributed by atoms with Crippen LogP contribution in [0.2, 0.25) is 0 Å². The van der Waals surface area contributed by atoms with Crippen molar-refractivity contribution < 1.29 is 19.1 Å². The molecule has 0 aliphatic heterocycles. The highest BCUT2D eigenvalue weighted by Gasteiger charge is 2.21. The molecule has 0 spiro atoms. The van der Waals surface area contributed by atoms with Crippen molar-refractivity contribution in [3.63, 3.8) is 0 Å². The normalized spacial score (nSPS) is 11.7. The molecule has 0 heterocycles. The first kappa shape index (κ1) is 14.0. The number of rotatable bonds is 4. The van der Waals surface area contributed by atoms with Gasteiger partial charge in [-0.25, -0.2) is 9.59 Å². The Kier molecular flexibility index (Phi) is 4.71. The van der Waals surface area contributed by atoms with Gasteiger partial charge in [-0.1, -0.05) is 6.07 Å². The molecule has 1 rings (SSSR count). The van der Waals surface area contributed by atoms with Gasteiger partial charge in [0.15, 0.2) is 6.10 Å².